The van der Waals surface area contributed by atoms with Crippen LogP contribution in [0.2, 0.25) is 0 Å². The van der Waals surface area contributed by atoms with Crippen molar-refractivity contribution in [1.29, 1.82) is 0 Å². The van der Waals surface area contributed by atoms with E-state index in [0.717, 1.165) is 93.9 Å². The molecule has 0 aliphatic heterocycles. The second kappa shape index (κ2) is 12.6. The highest BCUT2D eigenvalue weighted by molar-refractivity contribution is 6.18. The molecule has 0 amide bonds. The van der Waals surface area contributed by atoms with Crippen molar-refractivity contribution in [1.82, 2.24) is 19.7 Å². The number of benzene rings is 8. The number of rotatable bonds is 5. The summed E-state index contributed by atoms with van der Waals surface area (Å²) in [6.07, 6.45) is 1.84. The van der Waals surface area contributed by atoms with Crippen LogP contribution < -0.4 is 0 Å². The van der Waals surface area contributed by atoms with Crippen LogP contribution in [0.1, 0.15) is 0 Å². The molecule has 0 spiro atoms. The van der Waals surface area contributed by atoms with Crippen LogP contribution in [0.5, 0.6) is 0 Å². The molecule has 3 heterocycles. The van der Waals surface area contributed by atoms with E-state index in [1.165, 1.54) is 10.8 Å². The summed E-state index contributed by atoms with van der Waals surface area (Å²) < 4.78 is 2.13. The van der Waals surface area contributed by atoms with Gasteiger partial charge in [-0.2, -0.15) is 5.10 Å². The topological polar surface area (TPSA) is 43.6 Å². The maximum atomic E-state index is 5.35. The zero-order valence-electron chi connectivity index (χ0n) is 29.8. The number of nitrogens with zero attached hydrogens (tertiary/aromatic N) is 4. The van der Waals surface area contributed by atoms with Gasteiger partial charge in [-0.25, -0.2) is 9.67 Å². The van der Waals surface area contributed by atoms with Crippen LogP contribution >= 0.6 is 0 Å². The highest BCUT2D eigenvalue weighted by Gasteiger charge is 2.21. The molecule has 11 rings (SSSR count). The summed E-state index contributed by atoms with van der Waals surface area (Å²) in [5.41, 5.74) is 12.7. The van der Waals surface area contributed by atoms with E-state index in [0.29, 0.717) is 0 Å². The number of aromatic nitrogens is 4. The van der Waals surface area contributed by atoms with Crippen molar-refractivity contribution in [3.8, 4) is 50.5 Å². The number of hydrogen-bond donors (Lipinski definition) is 0. The summed E-state index contributed by atoms with van der Waals surface area (Å²) in [7, 11) is 0. The normalized spacial score (nSPS) is 11.6. The van der Waals surface area contributed by atoms with Crippen LogP contribution in [0.3, 0.4) is 0 Å². The summed E-state index contributed by atoms with van der Waals surface area (Å²) in [5.74, 6) is 0. The lowest BCUT2D eigenvalue weighted by Gasteiger charge is -2.13. The van der Waals surface area contributed by atoms with Crippen molar-refractivity contribution in [3.05, 3.63) is 194 Å². The molecule has 3 aromatic heterocycles. The first-order valence-electron chi connectivity index (χ1n) is 18.6. The van der Waals surface area contributed by atoms with Crippen LogP contribution in [-0.2, 0) is 0 Å². The summed E-state index contributed by atoms with van der Waals surface area (Å²) in [4.78, 5) is 9.80. The molecule has 0 atom stereocenters. The van der Waals surface area contributed by atoms with Gasteiger partial charge in [-0.05, 0) is 86.9 Å². The third-order valence-electron chi connectivity index (χ3n) is 10.8. The average Bonchev–Trinajstić information content (AvgIpc) is 3.67. The molecule has 0 saturated carbocycles. The number of pyridine rings is 2. The maximum absolute atomic E-state index is 5.35. The van der Waals surface area contributed by atoms with Crippen LogP contribution in [0.4, 0.5) is 0 Å². The zero-order chi connectivity index (χ0) is 36.3. The van der Waals surface area contributed by atoms with E-state index in [2.05, 4.69) is 192 Å². The Hall–Kier alpha value is -7.43. The van der Waals surface area contributed by atoms with Crippen molar-refractivity contribution in [2.24, 2.45) is 0 Å². The predicted molar refractivity (Wildman–Crippen MR) is 228 cm³/mol. The summed E-state index contributed by atoms with van der Waals surface area (Å²) in [5, 5.41) is 13.4. The van der Waals surface area contributed by atoms with E-state index in [4.69, 9.17) is 10.1 Å². The SMILES string of the molecule is c1ccc(-c2cc3cc(-c4ccc5ccc(-c6ccc7ccc8cccnc8c7n6)cc5c4)ccc3c3c2c(-c2ccccc2)nn3-c2ccccc2)cc1. The Morgan fingerprint density at radius 3 is 1.80 bits per heavy atom. The van der Waals surface area contributed by atoms with Crippen molar-refractivity contribution in [2.45, 2.75) is 0 Å². The summed E-state index contributed by atoms with van der Waals surface area (Å²) in [6.45, 7) is 0. The first-order chi connectivity index (χ1) is 27.2. The summed E-state index contributed by atoms with van der Waals surface area (Å²) in [6, 6.07) is 66.8. The highest BCUT2D eigenvalue weighted by atomic mass is 15.3. The summed E-state index contributed by atoms with van der Waals surface area (Å²) >= 11 is 0. The fourth-order valence-electron chi connectivity index (χ4n) is 8.10. The van der Waals surface area contributed by atoms with Gasteiger partial charge in [0.05, 0.1) is 27.9 Å². The largest absolute Gasteiger partial charge is 0.254 e. The molecule has 256 valence electrons. The highest BCUT2D eigenvalue weighted by Crippen LogP contribution is 2.43. The third kappa shape index (κ3) is 5.26. The Morgan fingerprint density at radius 1 is 0.400 bits per heavy atom. The standard InChI is InChI=1S/C51H32N4/c1-4-11-34(12-5-1)45-32-42-30-39(24-26-44(42)51-47(45)48(35-13-6-2-7-14-35)54-55(51)43-16-8-3-9-17-43)38-22-18-33-19-23-40(31-41(33)29-38)46-27-25-37-21-20-36-15-10-28-52-49(36)50(37)53-46/h1-32H. The molecule has 0 bridgehead atoms. The van der Waals surface area contributed by atoms with Gasteiger partial charge in [0, 0.05) is 38.9 Å². The van der Waals surface area contributed by atoms with Gasteiger partial charge in [-0.15, -0.1) is 0 Å². The molecule has 0 radical (unpaired) electrons. The molecule has 0 aliphatic rings. The minimum Gasteiger partial charge on any atom is -0.254 e. The van der Waals surface area contributed by atoms with Gasteiger partial charge in [0.15, 0.2) is 0 Å². The average molecular weight is 701 g/mol. The minimum absolute atomic E-state index is 0.925. The Labute approximate surface area is 317 Å². The molecule has 0 unspecified atom stereocenters. The Balaban J connectivity index is 1.09. The fourth-order valence-corrected chi connectivity index (χ4v) is 8.10. The molecule has 55 heavy (non-hydrogen) atoms. The van der Waals surface area contributed by atoms with Gasteiger partial charge in [-0.1, -0.05) is 140 Å². The van der Waals surface area contributed by atoms with Crippen molar-refractivity contribution < 1.29 is 0 Å². The molecule has 0 fully saturated rings. The van der Waals surface area contributed by atoms with Crippen LogP contribution in [-0.4, -0.2) is 19.7 Å². The number of para-hydroxylation sites is 1. The monoisotopic (exact) mass is 700 g/mol. The van der Waals surface area contributed by atoms with Gasteiger partial charge < -0.3 is 0 Å². The van der Waals surface area contributed by atoms with Crippen molar-refractivity contribution in [2.75, 3.05) is 0 Å². The van der Waals surface area contributed by atoms with Gasteiger partial charge >= 0.3 is 0 Å². The maximum Gasteiger partial charge on any atom is 0.101 e. The van der Waals surface area contributed by atoms with Gasteiger partial charge in [0.2, 0.25) is 0 Å². The van der Waals surface area contributed by atoms with Crippen molar-refractivity contribution >= 4 is 54.3 Å². The quantitative estimate of drug-likeness (QED) is 0.168. The smallest absolute Gasteiger partial charge is 0.101 e. The molecule has 8 aromatic carbocycles. The predicted octanol–water partition coefficient (Wildman–Crippen LogP) is 13.1. The molecule has 4 heteroatoms. The van der Waals surface area contributed by atoms with Crippen LogP contribution in [0.25, 0.3) is 105 Å². The van der Waals surface area contributed by atoms with E-state index in [-0.39, 0.29) is 0 Å². The van der Waals surface area contributed by atoms with E-state index >= 15 is 0 Å². The Kier molecular flexibility index (Phi) is 7.14. The minimum atomic E-state index is 0.925. The molecule has 0 saturated heterocycles. The Morgan fingerprint density at radius 2 is 1.02 bits per heavy atom. The number of fused-ring (bicyclic) bond motifs is 7. The first kappa shape index (κ1) is 31.1. The van der Waals surface area contributed by atoms with Gasteiger partial charge in [0.1, 0.15) is 5.69 Å². The lowest BCUT2D eigenvalue weighted by molar-refractivity contribution is 0.918. The van der Waals surface area contributed by atoms with Crippen molar-refractivity contribution in [3.63, 3.8) is 0 Å². The van der Waals surface area contributed by atoms with Crippen LogP contribution in [0, 0.1) is 0 Å². The van der Waals surface area contributed by atoms with E-state index in [1.54, 1.807) is 0 Å². The van der Waals surface area contributed by atoms with Crippen LogP contribution in [0.15, 0.2) is 194 Å². The molecular weight excluding hydrogens is 669 g/mol. The molecule has 4 nitrogen and oxygen atoms in total. The fraction of sp³-hybridized carbons (Fsp3) is 0. The Bertz CT molecular complexity index is 3240. The third-order valence-corrected chi connectivity index (χ3v) is 10.8. The first-order valence-corrected chi connectivity index (χ1v) is 18.6. The molecule has 11 aromatic rings. The lowest BCUT2D eigenvalue weighted by atomic mass is 9.92. The second-order valence-corrected chi connectivity index (χ2v) is 14.1. The second-order valence-electron chi connectivity index (χ2n) is 14.1. The molecule has 0 N–H and O–H groups in total. The van der Waals surface area contributed by atoms with Gasteiger partial charge in [-0.3, -0.25) is 4.98 Å². The van der Waals surface area contributed by atoms with E-state index in [1.807, 2.05) is 12.3 Å². The van der Waals surface area contributed by atoms with E-state index < -0.39 is 0 Å². The molecular formula is C51H32N4. The molecule has 0 aliphatic carbocycles. The lowest BCUT2D eigenvalue weighted by Crippen LogP contribution is -1.97. The van der Waals surface area contributed by atoms with Gasteiger partial charge in [0.25, 0.3) is 0 Å². The van der Waals surface area contributed by atoms with E-state index in [9.17, 15) is 0 Å². The zero-order valence-corrected chi connectivity index (χ0v) is 29.8. The number of hydrogen-bond acceptors (Lipinski definition) is 3.